The molecule has 12 aromatic carbocycles. The Bertz CT molecular complexity index is 5440. The predicted molar refractivity (Wildman–Crippen MR) is 379 cm³/mol. The van der Waals surface area contributed by atoms with Gasteiger partial charge in [0, 0.05) is 63.9 Å². The summed E-state index contributed by atoms with van der Waals surface area (Å²) in [6.45, 7) is 0. The van der Waals surface area contributed by atoms with E-state index in [0.29, 0.717) is 11.0 Å². The number of halogens is 1. The van der Waals surface area contributed by atoms with Crippen molar-refractivity contribution in [3.8, 4) is 73.1 Å². The normalized spacial score (nSPS) is 11.3. The molecule has 6 nitrogen and oxygen atoms in total. The molecule has 0 amide bonds. The van der Waals surface area contributed by atoms with E-state index in [-0.39, 0.29) is 31.0 Å². The van der Waals surface area contributed by atoms with Crippen molar-refractivity contribution in [1.29, 1.82) is 0 Å². The maximum atomic E-state index is 6.34. The van der Waals surface area contributed by atoms with Crippen molar-refractivity contribution in [2.45, 2.75) is 0 Å². The van der Waals surface area contributed by atoms with Gasteiger partial charge in [0.1, 0.15) is 0 Å². The summed E-state index contributed by atoms with van der Waals surface area (Å²) in [5.41, 5.74) is 18.3. The number of nitrogens with zero attached hydrogens (tertiary/aromatic N) is 5. The molecule has 0 unspecified atom stereocenters. The third-order valence-corrected chi connectivity index (χ3v) is 19.2. The molecular formula is C80H52ClN6NaS2. The Morgan fingerprint density at radius 3 is 1.06 bits per heavy atom. The summed E-state index contributed by atoms with van der Waals surface area (Å²) in [6.07, 6.45) is 0. The van der Waals surface area contributed by atoms with Gasteiger partial charge in [0.2, 0.25) is 0 Å². The Hall–Kier alpha value is -9.87. The van der Waals surface area contributed by atoms with Crippen LogP contribution < -0.4 is 29.6 Å². The maximum absolute atomic E-state index is 6.34. The quantitative estimate of drug-likeness (QED) is 0.127. The molecular weight excluding hydrogens is 1170 g/mol. The Morgan fingerprint density at radius 2 is 0.633 bits per heavy atom. The van der Waals surface area contributed by atoms with Gasteiger partial charge in [-0.3, -0.25) is 4.57 Å². The van der Waals surface area contributed by atoms with Crippen LogP contribution in [0.4, 0.5) is 0 Å². The zero-order chi connectivity index (χ0) is 59.2. The van der Waals surface area contributed by atoms with Gasteiger partial charge >= 0.3 is 29.6 Å². The molecule has 6 heterocycles. The molecule has 18 aromatic rings. The standard InChI is InChI=1S/C40H25N3S.C24H17N.C16H9ClN2S.Na.H/c1-4-12-26(13-5-1)29-20-22-34-32(24-29)33-25-30(27-14-6-2-7-15-27)21-23-35(33)43(34)40-38-37(31-18-10-11-19-36(31)44-38)41-39(42-40)28-16-8-3-9-17-28;1-3-7-17(8-4-1)19-11-13-23-21(15-19)22-16-20(12-14-24(22)25-23)18-9-5-2-6-10-18;17-15-14-13(11-8-4-5-9-12(11)20-14)18-16(19-15)10-6-2-1-3-7-10;;/h1-25H;1-16,25H;1-9H;;/q;;;+1;-1. The number of aromatic nitrogens is 6. The van der Waals surface area contributed by atoms with E-state index in [1.807, 2.05) is 60.7 Å². The average molecular weight is 1220 g/mol. The Labute approximate surface area is 555 Å². The molecule has 0 aliphatic rings. The molecule has 0 saturated carbocycles. The minimum absolute atomic E-state index is 0. The van der Waals surface area contributed by atoms with E-state index in [1.165, 1.54) is 86.5 Å². The predicted octanol–water partition coefficient (Wildman–Crippen LogP) is 19.9. The van der Waals surface area contributed by atoms with Crippen molar-refractivity contribution in [3.63, 3.8) is 0 Å². The maximum Gasteiger partial charge on any atom is 1.00 e. The minimum atomic E-state index is 0. The third kappa shape index (κ3) is 10.7. The van der Waals surface area contributed by atoms with E-state index >= 15 is 0 Å². The summed E-state index contributed by atoms with van der Waals surface area (Å²) in [6, 6.07) is 106. The molecule has 1 N–H and O–H groups in total. The SMILES string of the molecule is Clc1nc(-c2ccccc2)nc2c1sc1ccccc12.[H-].[Na+].c1ccc(-c2ccc3[nH]c4ccc(-c5ccccc5)cc4c3c2)cc1.c1ccc(-c2ccc3c(c2)c2cc(-c4ccccc4)ccc2n3-c2nc(-c3ccccc3)nc3c2sc2ccccc23)cc1. The summed E-state index contributed by atoms with van der Waals surface area (Å²) in [5.74, 6) is 2.31. The van der Waals surface area contributed by atoms with Crippen LogP contribution >= 0.6 is 34.3 Å². The van der Waals surface area contributed by atoms with Gasteiger partial charge in [-0.05, 0) is 105 Å². The molecule has 0 bridgehead atoms. The fourth-order valence-corrected chi connectivity index (χ4v) is 14.5. The summed E-state index contributed by atoms with van der Waals surface area (Å²) >= 11 is 9.74. The van der Waals surface area contributed by atoms with Crippen molar-refractivity contribution in [2.75, 3.05) is 0 Å². The largest absolute Gasteiger partial charge is 1.00 e. The number of benzene rings is 12. The number of fused-ring (bicyclic) bond motifs is 12. The average Bonchev–Trinajstić information content (AvgIpc) is 1.61. The first-order valence-electron chi connectivity index (χ1n) is 29.5. The summed E-state index contributed by atoms with van der Waals surface area (Å²) in [7, 11) is 0. The molecule has 422 valence electrons. The third-order valence-electron chi connectivity index (χ3n) is 16.4. The van der Waals surface area contributed by atoms with Crippen LogP contribution in [0.1, 0.15) is 1.43 Å². The Balaban J connectivity index is 0.000000130. The van der Waals surface area contributed by atoms with E-state index in [4.69, 9.17) is 26.6 Å². The monoisotopic (exact) mass is 1220 g/mol. The summed E-state index contributed by atoms with van der Waals surface area (Å²) < 4.78 is 6.78. The van der Waals surface area contributed by atoms with Crippen LogP contribution in [0, 0.1) is 0 Å². The van der Waals surface area contributed by atoms with Crippen molar-refractivity contribution >= 4 is 118 Å². The van der Waals surface area contributed by atoms with E-state index in [9.17, 15) is 0 Å². The van der Waals surface area contributed by atoms with Gasteiger partial charge in [-0.15, -0.1) is 22.7 Å². The molecule has 0 aliphatic heterocycles. The van der Waals surface area contributed by atoms with Crippen LogP contribution in [0.25, 0.3) is 157 Å². The number of nitrogens with one attached hydrogen (secondary N) is 1. The molecule has 6 aromatic heterocycles. The van der Waals surface area contributed by atoms with E-state index in [0.717, 1.165) is 65.0 Å². The van der Waals surface area contributed by atoms with Crippen LogP contribution in [0.15, 0.2) is 303 Å². The Kier molecular flexibility index (Phi) is 15.5. The number of rotatable bonds is 7. The van der Waals surface area contributed by atoms with Crippen LogP contribution in [0.5, 0.6) is 0 Å². The smallest absolute Gasteiger partial charge is 1.00 e. The molecule has 10 heteroatoms. The van der Waals surface area contributed by atoms with E-state index < -0.39 is 0 Å². The fourth-order valence-electron chi connectivity index (χ4n) is 12.1. The molecule has 0 saturated heterocycles. The first kappa shape index (κ1) is 56.6. The van der Waals surface area contributed by atoms with E-state index in [1.54, 1.807) is 22.7 Å². The van der Waals surface area contributed by atoms with Crippen molar-refractivity contribution in [1.82, 2.24) is 29.5 Å². The second kappa shape index (κ2) is 24.6. The van der Waals surface area contributed by atoms with Gasteiger partial charge in [0.25, 0.3) is 0 Å². The number of hydrogen-bond acceptors (Lipinski definition) is 6. The van der Waals surface area contributed by atoms with Gasteiger partial charge in [0.05, 0.1) is 31.5 Å². The Morgan fingerprint density at radius 1 is 0.300 bits per heavy atom. The van der Waals surface area contributed by atoms with Crippen LogP contribution in [0.2, 0.25) is 5.15 Å². The second-order valence-electron chi connectivity index (χ2n) is 21.9. The number of aromatic amines is 1. The molecule has 90 heavy (non-hydrogen) atoms. The zero-order valence-corrected chi connectivity index (χ0v) is 53.2. The van der Waals surface area contributed by atoms with Gasteiger partial charge in [0.15, 0.2) is 22.6 Å². The van der Waals surface area contributed by atoms with Crippen molar-refractivity contribution in [2.24, 2.45) is 0 Å². The summed E-state index contributed by atoms with van der Waals surface area (Å²) in [5, 5.41) is 7.76. The minimum Gasteiger partial charge on any atom is -1.00 e. The first-order valence-corrected chi connectivity index (χ1v) is 31.5. The van der Waals surface area contributed by atoms with Gasteiger partial charge in [-0.25, -0.2) is 19.9 Å². The fraction of sp³-hybridized carbons (Fsp3) is 0. The molecule has 0 aliphatic carbocycles. The number of thiophene rings is 2. The van der Waals surface area contributed by atoms with Crippen LogP contribution in [0.3, 0.4) is 0 Å². The molecule has 0 spiro atoms. The molecule has 0 radical (unpaired) electrons. The van der Waals surface area contributed by atoms with Gasteiger partial charge < -0.3 is 6.41 Å². The first-order chi connectivity index (χ1) is 44.0. The van der Waals surface area contributed by atoms with Gasteiger partial charge in [-0.1, -0.05) is 254 Å². The molecule has 0 atom stereocenters. The van der Waals surface area contributed by atoms with Crippen LogP contribution in [-0.2, 0) is 0 Å². The molecule has 18 rings (SSSR count). The zero-order valence-electron chi connectivity index (χ0n) is 49.8. The van der Waals surface area contributed by atoms with Gasteiger partial charge in [-0.2, -0.15) is 0 Å². The van der Waals surface area contributed by atoms with Crippen molar-refractivity contribution in [3.05, 3.63) is 308 Å². The summed E-state index contributed by atoms with van der Waals surface area (Å²) in [4.78, 5) is 23.2. The number of hydrogen-bond donors (Lipinski definition) is 1. The second-order valence-corrected chi connectivity index (χ2v) is 24.4. The molecule has 0 fully saturated rings. The van der Waals surface area contributed by atoms with E-state index in [2.05, 4.69) is 257 Å². The topological polar surface area (TPSA) is 72.3 Å². The number of H-pyrrole nitrogens is 1. The van der Waals surface area contributed by atoms with Crippen molar-refractivity contribution < 1.29 is 31.0 Å². The van der Waals surface area contributed by atoms with Crippen LogP contribution in [-0.4, -0.2) is 29.5 Å².